The fraction of sp³-hybridized carbons (Fsp3) is 0.333. The summed E-state index contributed by atoms with van der Waals surface area (Å²) in [5.41, 5.74) is 2.30. The maximum atomic E-state index is 12.9. The number of hydrogen-bond donors (Lipinski definition) is 2. The smallest absolute Gasteiger partial charge is 0.278 e. The number of halogens is 1. The van der Waals surface area contributed by atoms with E-state index in [4.69, 9.17) is 11.6 Å². The Morgan fingerprint density at radius 2 is 2.26 bits per heavy atom. The fourth-order valence-electron chi connectivity index (χ4n) is 2.66. The zero-order valence-corrected chi connectivity index (χ0v) is 16.8. The average Bonchev–Trinajstić information content (AvgIpc) is 3.02. The van der Waals surface area contributed by atoms with Crippen LogP contribution in [0.4, 0.5) is 5.69 Å². The minimum Gasteiger partial charge on any atom is -0.353 e. The maximum absolute atomic E-state index is 12.9. The Labute approximate surface area is 165 Å². The second-order valence-corrected chi connectivity index (χ2v) is 7.52. The third-order valence-electron chi connectivity index (χ3n) is 4.18. The number of amides is 1. The van der Waals surface area contributed by atoms with Crippen molar-refractivity contribution in [3.8, 4) is 0 Å². The molecule has 0 aliphatic rings. The van der Waals surface area contributed by atoms with Crippen LogP contribution in [0, 0.1) is 6.92 Å². The first kappa shape index (κ1) is 19.4. The summed E-state index contributed by atoms with van der Waals surface area (Å²) in [6.45, 7) is 5.85. The number of fused-ring (bicyclic) bond motifs is 1. The van der Waals surface area contributed by atoms with Crippen LogP contribution in [-0.4, -0.2) is 31.2 Å². The highest BCUT2D eigenvalue weighted by molar-refractivity contribution is 7.99. The quantitative estimate of drug-likeness (QED) is 0.370. The van der Waals surface area contributed by atoms with Crippen molar-refractivity contribution in [3.63, 3.8) is 0 Å². The predicted molar refractivity (Wildman–Crippen MR) is 109 cm³/mol. The Morgan fingerprint density at radius 3 is 2.96 bits per heavy atom. The molecule has 0 saturated heterocycles. The lowest BCUT2D eigenvalue weighted by molar-refractivity contribution is -0.113. The number of thioether (sulfide) groups is 1. The van der Waals surface area contributed by atoms with Gasteiger partial charge in [-0.05, 0) is 38.5 Å². The lowest BCUT2D eigenvalue weighted by Gasteiger charge is -2.17. The van der Waals surface area contributed by atoms with Crippen LogP contribution in [0.1, 0.15) is 32.0 Å². The van der Waals surface area contributed by atoms with Gasteiger partial charge in [-0.15, -0.1) is 0 Å². The van der Waals surface area contributed by atoms with Gasteiger partial charge in [0.1, 0.15) is 5.52 Å². The molecule has 0 radical (unpaired) electrons. The molecule has 7 nitrogen and oxygen atoms in total. The van der Waals surface area contributed by atoms with Gasteiger partial charge in [0.25, 0.3) is 5.56 Å². The average molecular weight is 406 g/mol. The largest absolute Gasteiger partial charge is 0.353 e. The summed E-state index contributed by atoms with van der Waals surface area (Å²) in [5, 5.41) is 3.48. The summed E-state index contributed by atoms with van der Waals surface area (Å²) < 4.78 is 1.65. The van der Waals surface area contributed by atoms with Crippen molar-refractivity contribution < 1.29 is 4.79 Å². The molecule has 2 N–H and O–H groups in total. The number of hydrogen-bond acceptors (Lipinski definition) is 5. The van der Waals surface area contributed by atoms with Crippen molar-refractivity contribution in [2.45, 2.75) is 38.4 Å². The first-order chi connectivity index (χ1) is 12.9. The topological polar surface area (TPSA) is 92.7 Å². The molecular formula is C18H20ClN5O2S. The van der Waals surface area contributed by atoms with Gasteiger partial charge in [-0.1, -0.05) is 30.3 Å². The zero-order valence-electron chi connectivity index (χ0n) is 15.2. The van der Waals surface area contributed by atoms with E-state index in [-0.39, 0.29) is 28.4 Å². The first-order valence-electron chi connectivity index (χ1n) is 8.55. The molecule has 0 saturated carbocycles. The van der Waals surface area contributed by atoms with E-state index in [1.807, 2.05) is 26.8 Å². The van der Waals surface area contributed by atoms with Crippen LogP contribution in [0.2, 0.25) is 5.15 Å². The summed E-state index contributed by atoms with van der Waals surface area (Å²) in [7, 11) is 0. The van der Waals surface area contributed by atoms with Crippen LogP contribution >= 0.6 is 23.4 Å². The molecule has 1 atom stereocenters. The van der Waals surface area contributed by atoms with Crippen LogP contribution < -0.4 is 10.9 Å². The SMILES string of the molecule is CC[C@H](C)n1c(SCC(=O)Nc2cccnc2Cl)nc2cc(C)[nH]c2c1=O. The van der Waals surface area contributed by atoms with Crippen LogP contribution in [0.5, 0.6) is 0 Å². The lowest BCUT2D eigenvalue weighted by Crippen LogP contribution is -2.26. The second kappa shape index (κ2) is 8.14. The van der Waals surface area contributed by atoms with Gasteiger partial charge in [-0.25, -0.2) is 9.97 Å². The summed E-state index contributed by atoms with van der Waals surface area (Å²) in [6.07, 6.45) is 2.33. The molecule has 9 heteroatoms. The summed E-state index contributed by atoms with van der Waals surface area (Å²) >= 11 is 7.19. The number of aryl methyl sites for hydroxylation is 1. The van der Waals surface area contributed by atoms with E-state index in [0.717, 1.165) is 12.1 Å². The number of nitrogens with one attached hydrogen (secondary N) is 2. The van der Waals surface area contributed by atoms with E-state index < -0.39 is 0 Å². The number of aromatic nitrogens is 4. The van der Waals surface area contributed by atoms with Crippen molar-refractivity contribution >= 4 is 46.0 Å². The minimum atomic E-state index is -0.245. The molecule has 0 aromatic carbocycles. The monoisotopic (exact) mass is 405 g/mol. The molecule has 0 spiro atoms. The second-order valence-electron chi connectivity index (χ2n) is 6.22. The number of anilines is 1. The highest BCUT2D eigenvalue weighted by Crippen LogP contribution is 2.23. The summed E-state index contributed by atoms with van der Waals surface area (Å²) in [6, 6.07) is 5.17. The van der Waals surface area contributed by atoms with Crippen molar-refractivity contribution in [3.05, 3.63) is 45.6 Å². The van der Waals surface area contributed by atoms with E-state index in [1.165, 1.54) is 11.8 Å². The van der Waals surface area contributed by atoms with Gasteiger partial charge >= 0.3 is 0 Å². The third kappa shape index (κ3) is 4.17. The number of H-pyrrole nitrogens is 1. The molecular weight excluding hydrogens is 386 g/mol. The van der Waals surface area contributed by atoms with E-state index in [2.05, 4.69) is 20.3 Å². The van der Waals surface area contributed by atoms with Crippen molar-refractivity contribution in [2.75, 3.05) is 11.1 Å². The zero-order chi connectivity index (χ0) is 19.6. The van der Waals surface area contributed by atoms with Crippen molar-refractivity contribution in [1.82, 2.24) is 19.5 Å². The molecule has 0 aliphatic heterocycles. The number of aromatic amines is 1. The molecule has 27 heavy (non-hydrogen) atoms. The van der Waals surface area contributed by atoms with Gasteiger partial charge in [0, 0.05) is 17.9 Å². The van der Waals surface area contributed by atoms with E-state index in [0.29, 0.717) is 21.9 Å². The Balaban J connectivity index is 1.86. The molecule has 0 aliphatic carbocycles. The van der Waals surface area contributed by atoms with E-state index >= 15 is 0 Å². The molecule has 0 fully saturated rings. The van der Waals surface area contributed by atoms with E-state index in [1.54, 1.807) is 22.9 Å². The van der Waals surface area contributed by atoms with Crippen LogP contribution in [0.15, 0.2) is 34.3 Å². The normalized spacial score (nSPS) is 12.3. The van der Waals surface area contributed by atoms with Crippen molar-refractivity contribution in [2.24, 2.45) is 0 Å². The number of nitrogens with zero attached hydrogens (tertiary/aromatic N) is 3. The molecule has 1 amide bonds. The predicted octanol–water partition coefficient (Wildman–Crippen LogP) is 3.78. The maximum Gasteiger partial charge on any atom is 0.278 e. The van der Waals surface area contributed by atoms with Crippen LogP contribution in [0.25, 0.3) is 11.0 Å². The van der Waals surface area contributed by atoms with Crippen molar-refractivity contribution in [1.29, 1.82) is 0 Å². The Hall–Kier alpha value is -2.32. The minimum absolute atomic E-state index is 0.0312. The Bertz CT molecular complexity index is 1050. The van der Waals surface area contributed by atoms with Gasteiger partial charge in [-0.2, -0.15) is 0 Å². The van der Waals surface area contributed by atoms with Gasteiger partial charge in [-0.3, -0.25) is 14.2 Å². The van der Waals surface area contributed by atoms with Gasteiger partial charge in [0.05, 0.1) is 17.0 Å². The van der Waals surface area contributed by atoms with Crippen LogP contribution in [0.3, 0.4) is 0 Å². The molecule has 142 valence electrons. The van der Waals surface area contributed by atoms with Gasteiger partial charge in [0.15, 0.2) is 10.3 Å². The summed E-state index contributed by atoms with van der Waals surface area (Å²) in [4.78, 5) is 36.8. The number of rotatable bonds is 6. The highest BCUT2D eigenvalue weighted by Gasteiger charge is 2.18. The number of carbonyl (C=O) groups is 1. The summed E-state index contributed by atoms with van der Waals surface area (Å²) in [5.74, 6) is -0.145. The molecule has 3 heterocycles. The Morgan fingerprint density at radius 1 is 1.48 bits per heavy atom. The fourth-order valence-corrected chi connectivity index (χ4v) is 3.72. The third-order valence-corrected chi connectivity index (χ3v) is 5.44. The van der Waals surface area contributed by atoms with E-state index in [9.17, 15) is 9.59 Å². The Kier molecular flexibility index (Phi) is 5.86. The molecule has 3 rings (SSSR count). The highest BCUT2D eigenvalue weighted by atomic mass is 35.5. The number of pyridine rings is 1. The van der Waals surface area contributed by atoms with Crippen LogP contribution in [-0.2, 0) is 4.79 Å². The van der Waals surface area contributed by atoms with Gasteiger partial charge in [0.2, 0.25) is 5.91 Å². The molecule has 0 unspecified atom stereocenters. The molecule has 3 aromatic rings. The number of carbonyl (C=O) groups excluding carboxylic acids is 1. The molecule has 3 aromatic heterocycles. The molecule has 0 bridgehead atoms. The lowest BCUT2D eigenvalue weighted by atomic mass is 10.2. The first-order valence-corrected chi connectivity index (χ1v) is 9.92. The van der Waals surface area contributed by atoms with Gasteiger partial charge < -0.3 is 10.3 Å². The standard InChI is InChI=1S/C18H20ClN5O2S/c1-4-11(3)24-17(26)15-13(8-10(2)21-15)23-18(24)27-9-14(25)22-12-6-5-7-20-16(12)19/h5-8,11,21H,4,9H2,1-3H3,(H,22,25)/t11-/m0/s1.